The molecule has 6 rings (SSSR count). The van der Waals surface area contributed by atoms with Crippen molar-refractivity contribution in [1.82, 2.24) is 0 Å². The van der Waals surface area contributed by atoms with Gasteiger partial charge in [-0.15, -0.1) is 0 Å². The minimum absolute atomic E-state index is 0.0672. The van der Waals surface area contributed by atoms with Gasteiger partial charge in [-0.3, -0.25) is 4.79 Å². The van der Waals surface area contributed by atoms with Gasteiger partial charge < -0.3 is 37.5 Å². The minimum Gasteiger partial charge on any atom is -0.748 e. The fourth-order valence-electron chi connectivity index (χ4n) is 9.90. The van der Waals surface area contributed by atoms with E-state index in [2.05, 4.69) is 0 Å². The standard InChI is InChI=1S/C47H54N2O18S5/c1-5-48-37-20-18-33-35(27-31(69(55,56)57)29-39(33)71(61,62)63)44(37)47(3,23-25-67-4)41(48)15-10-7-6-8-11-16-42-46(2,22-14-26-68(52,53)54)45-36-28-32(70(58,59)60)30-40(72(64,65)66)34(36)19-21-38(45)49(42)24-13-9-12-17-43(50)51/h6-8,10-11,15-16,18-21,27-30H,5,9,12-14,17,22-26H2,1-4H3,(H5-,50,51,52,53,54,55,56,57,58,59,60,61,62,63,64,65,66)/p-4. The lowest BCUT2D eigenvalue weighted by Gasteiger charge is -2.30. The number of ether oxygens (including phenoxy) is 1. The monoisotopic (exact) mass is 1090 g/mol. The van der Waals surface area contributed by atoms with Crippen molar-refractivity contribution in [2.24, 2.45) is 0 Å². The van der Waals surface area contributed by atoms with E-state index in [1.807, 2.05) is 23.3 Å². The Morgan fingerprint density at radius 1 is 0.667 bits per heavy atom. The van der Waals surface area contributed by atoms with Gasteiger partial charge in [0.05, 0.1) is 35.1 Å². The number of nitrogens with zero attached hydrogens (tertiary/aromatic N) is 2. The van der Waals surface area contributed by atoms with Gasteiger partial charge in [0.25, 0.3) is 0 Å². The molecule has 4 aromatic carbocycles. The Bertz CT molecular complexity index is 3600. The van der Waals surface area contributed by atoms with Crippen LogP contribution in [-0.4, -0.2) is 119 Å². The van der Waals surface area contributed by atoms with Crippen LogP contribution < -0.4 is 4.90 Å². The largest absolute Gasteiger partial charge is 0.748 e. The lowest BCUT2D eigenvalue weighted by Crippen LogP contribution is -2.32. The molecule has 2 atom stereocenters. The zero-order valence-corrected chi connectivity index (χ0v) is 43.3. The lowest BCUT2D eigenvalue weighted by atomic mass is 9.74. The van der Waals surface area contributed by atoms with Gasteiger partial charge in [0.2, 0.25) is 5.69 Å². The number of unbranched alkanes of at least 4 members (excludes halogenated alkanes) is 2. The van der Waals surface area contributed by atoms with Crippen LogP contribution in [0.15, 0.2) is 116 Å². The molecule has 0 saturated carbocycles. The molecule has 20 nitrogen and oxygen atoms in total. The molecule has 72 heavy (non-hydrogen) atoms. The summed E-state index contributed by atoms with van der Waals surface area (Å²) in [5.74, 6) is -1.80. The fourth-order valence-corrected chi connectivity index (χ4v) is 13.0. The van der Waals surface area contributed by atoms with Crippen molar-refractivity contribution in [3.05, 3.63) is 108 Å². The van der Waals surface area contributed by atoms with Crippen LogP contribution in [-0.2, 0) is 71.0 Å². The maximum Gasteiger partial charge on any atom is 0.303 e. The van der Waals surface area contributed by atoms with Crippen molar-refractivity contribution < 1.29 is 84.1 Å². The van der Waals surface area contributed by atoms with E-state index in [0.717, 1.165) is 12.1 Å². The molecule has 2 heterocycles. The Labute approximate surface area is 418 Å². The lowest BCUT2D eigenvalue weighted by molar-refractivity contribution is -0.438. The van der Waals surface area contributed by atoms with Crippen LogP contribution in [0.3, 0.4) is 0 Å². The van der Waals surface area contributed by atoms with E-state index in [4.69, 9.17) is 4.74 Å². The summed E-state index contributed by atoms with van der Waals surface area (Å²) in [6, 6.07) is 8.88. The normalized spacial score (nSPS) is 19.6. The summed E-state index contributed by atoms with van der Waals surface area (Å²) in [7, 11) is -24.5. The fraction of sp³-hybridized carbons (Fsp3) is 0.362. The Morgan fingerprint density at radius 3 is 1.75 bits per heavy atom. The molecule has 4 aromatic rings. The Hall–Kier alpha value is -5.19. The average Bonchev–Trinajstić information content (AvgIpc) is 3.65. The van der Waals surface area contributed by atoms with E-state index in [0.29, 0.717) is 66.3 Å². The molecule has 0 bridgehead atoms. The number of carboxylic acid groups (broad SMARTS) is 1. The molecule has 0 aliphatic carbocycles. The van der Waals surface area contributed by atoms with Crippen LogP contribution in [0.1, 0.15) is 76.8 Å². The van der Waals surface area contributed by atoms with Gasteiger partial charge in [0.15, 0.2) is 5.71 Å². The predicted octanol–water partition coefficient (Wildman–Crippen LogP) is 5.32. The highest BCUT2D eigenvalue weighted by molar-refractivity contribution is 7.87. The molecule has 0 amide bonds. The summed E-state index contributed by atoms with van der Waals surface area (Å²) < 4.78 is 192. The van der Waals surface area contributed by atoms with Crippen molar-refractivity contribution in [3.63, 3.8) is 0 Å². The molecule has 2 aliphatic heterocycles. The number of likely N-dealkylation sites (N-methyl/N-ethyl adjacent to an activating group) is 1. The van der Waals surface area contributed by atoms with Gasteiger partial charge in [0, 0.05) is 78.7 Å². The predicted molar refractivity (Wildman–Crippen MR) is 259 cm³/mol. The van der Waals surface area contributed by atoms with E-state index < -0.39 is 92.7 Å². The number of hydrogen-bond donors (Lipinski definition) is 1. The zero-order valence-electron chi connectivity index (χ0n) is 39.3. The first-order valence-corrected chi connectivity index (χ1v) is 29.4. The summed E-state index contributed by atoms with van der Waals surface area (Å²) in [6.45, 7) is 6.13. The number of anilines is 1. The van der Waals surface area contributed by atoms with Crippen LogP contribution >= 0.6 is 0 Å². The number of benzene rings is 4. The van der Waals surface area contributed by atoms with Gasteiger partial charge in [-0.2, -0.15) is 4.58 Å². The van der Waals surface area contributed by atoms with Crippen LogP contribution in [0, 0.1) is 0 Å². The average molecular weight is 1090 g/mol. The van der Waals surface area contributed by atoms with Crippen molar-refractivity contribution in [3.8, 4) is 0 Å². The van der Waals surface area contributed by atoms with Crippen LogP contribution in [0.25, 0.3) is 21.5 Å². The number of fused-ring (bicyclic) bond motifs is 6. The Morgan fingerprint density at radius 2 is 1.22 bits per heavy atom. The summed E-state index contributed by atoms with van der Waals surface area (Å²) >= 11 is 0. The molecule has 0 spiro atoms. The van der Waals surface area contributed by atoms with E-state index in [1.54, 1.807) is 55.5 Å². The molecular weight excluding hydrogens is 1040 g/mol. The van der Waals surface area contributed by atoms with E-state index in [9.17, 15) is 74.8 Å². The SMILES string of the molecule is CCN1/C(=C/C=C/C=C/C=C/C2=[N+](CCCCCC(=O)O)c3ccc4c(S(=O)(=O)[O-])cc(S(=O)(=O)[O-])cc4c3C2(C)CCCS(=O)(=O)[O-])C(C)(CCOC)c2c1ccc1c(S(=O)(=O)[O-])cc(S(=O)(=O)[O-])cc21. The highest BCUT2D eigenvalue weighted by atomic mass is 32.2. The number of methoxy groups -OCH3 is 1. The first-order valence-electron chi connectivity index (χ1n) is 22.2. The van der Waals surface area contributed by atoms with Crippen molar-refractivity contribution in [1.29, 1.82) is 0 Å². The number of allylic oxidation sites excluding steroid dienone is 8. The summed E-state index contributed by atoms with van der Waals surface area (Å²) in [5, 5.41) is 8.93. The Kier molecular flexibility index (Phi) is 16.3. The van der Waals surface area contributed by atoms with Gasteiger partial charge in [-0.05, 0) is 117 Å². The second kappa shape index (κ2) is 21.0. The molecule has 1 N–H and O–H groups in total. The number of aliphatic carboxylic acids is 1. The maximum atomic E-state index is 12.6. The van der Waals surface area contributed by atoms with E-state index >= 15 is 0 Å². The molecule has 2 aliphatic rings. The molecule has 0 fully saturated rings. The number of carbonyl (C=O) groups is 1. The van der Waals surface area contributed by atoms with Crippen molar-refractivity contribution in [2.75, 3.05) is 37.5 Å². The summed E-state index contributed by atoms with van der Waals surface area (Å²) in [5.41, 5.74) is 0.465. The first-order chi connectivity index (χ1) is 33.4. The number of rotatable bonds is 22. The quantitative estimate of drug-likeness (QED) is 0.0450. The molecule has 0 radical (unpaired) electrons. The van der Waals surface area contributed by atoms with Crippen molar-refractivity contribution >= 4 is 95.2 Å². The van der Waals surface area contributed by atoms with Crippen LogP contribution in [0.2, 0.25) is 0 Å². The highest BCUT2D eigenvalue weighted by Gasteiger charge is 2.49. The maximum absolute atomic E-state index is 12.6. The number of hydrogen-bond acceptors (Lipinski definition) is 18. The second-order valence-corrected chi connectivity index (χ2v) is 24.7. The highest BCUT2D eigenvalue weighted by Crippen LogP contribution is 2.54. The molecule has 25 heteroatoms. The van der Waals surface area contributed by atoms with E-state index in [1.165, 1.54) is 25.3 Å². The molecule has 2 unspecified atom stereocenters. The van der Waals surface area contributed by atoms with Crippen LogP contribution in [0.4, 0.5) is 11.4 Å². The molecule has 390 valence electrons. The third kappa shape index (κ3) is 11.8. The van der Waals surface area contributed by atoms with Gasteiger partial charge in [0.1, 0.15) is 47.0 Å². The molecular formula is C47H50N2O18S5-4. The third-order valence-electron chi connectivity index (χ3n) is 13.0. The van der Waals surface area contributed by atoms with Gasteiger partial charge in [-0.1, -0.05) is 36.4 Å². The summed E-state index contributed by atoms with van der Waals surface area (Å²) in [6.07, 6.45) is 12.8. The van der Waals surface area contributed by atoms with Crippen LogP contribution in [0.5, 0.6) is 0 Å². The minimum atomic E-state index is -5.38. The first kappa shape index (κ1) is 56.1. The second-order valence-electron chi connectivity index (χ2n) is 17.7. The zero-order chi connectivity index (χ0) is 53.4. The van der Waals surface area contributed by atoms with Gasteiger partial charge in [-0.25, -0.2) is 42.1 Å². The van der Waals surface area contributed by atoms with Gasteiger partial charge >= 0.3 is 5.97 Å². The third-order valence-corrected chi connectivity index (χ3v) is 17.2. The molecule has 0 saturated heterocycles. The molecule has 0 aromatic heterocycles. The smallest absolute Gasteiger partial charge is 0.303 e. The Balaban J connectivity index is 1.46. The van der Waals surface area contributed by atoms with E-state index in [-0.39, 0.29) is 65.9 Å². The topological polar surface area (TPSA) is 339 Å². The number of carboxylic acids is 1. The summed E-state index contributed by atoms with van der Waals surface area (Å²) in [4.78, 5) is 9.45. The van der Waals surface area contributed by atoms with Crippen molar-refractivity contribution in [2.45, 2.75) is 96.1 Å².